The fraction of sp³-hybridized carbons (Fsp3) is 0.350. The zero-order valence-corrected chi connectivity index (χ0v) is 14.2. The first-order valence-corrected chi connectivity index (χ1v) is 8.09. The molecule has 0 saturated heterocycles. The van der Waals surface area contributed by atoms with E-state index in [1.807, 2.05) is 42.5 Å². The highest BCUT2D eigenvalue weighted by Crippen LogP contribution is 2.26. The van der Waals surface area contributed by atoms with Crippen LogP contribution in [0.1, 0.15) is 38.3 Å². The van der Waals surface area contributed by atoms with Gasteiger partial charge in [0, 0.05) is 23.6 Å². The van der Waals surface area contributed by atoms with Crippen molar-refractivity contribution in [2.45, 2.75) is 45.1 Å². The Balaban J connectivity index is 1.93. The lowest BCUT2D eigenvalue weighted by molar-refractivity contribution is -0.122. The first kappa shape index (κ1) is 17.1. The molecular weight excluding hydrogens is 284 g/mol. The predicted molar refractivity (Wildman–Crippen MR) is 96.2 cm³/mol. The van der Waals surface area contributed by atoms with Gasteiger partial charge in [0.25, 0.3) is 0 Å². The van der Waals surface area contributed by atoms with E-state index in [-0.39, 0.29) is 17.4 Å². The van der Waals surface area contributed by atoms with E-state index in [4.69, 9.17) is 5.73 Å². The number of anilines is 1. The minimum absolute atomic E-state index is 0.0468. The van der Waals surface area contributed by atoms with Gasteiger partial charge in [0.1, 0.15) is 0 Å². The summed E-state index contributed by atoms with van der Waals surface area (Å²) in [5.74, 6) is 0.0600. The fourth-order valence-corrected chi connectivity index (χ4v) is 2.62. The summed E-state index contributed by atoms with van der Waals surface area (Å²) in [6.45, 7) is 6.37. The average molecular weight is 310 g/mol. The van der Waals surface area contributed by atoms with E-state index in [0.29, 0.717) is 12.8 Å². The molecule has 0 spiro atoms. The number of nitrogens with one attached hydrogen (secondary N) is 1. The van der Waals surface area contributed by atoms with Crippen LogP contribution in [0.4, 0.5) is 5.69 Å². The number of hydrogen-bond donors (Lipinski definition) is 2. The summed E-state index contributed by atoms with van der Waals surface area (Å²) in [7, 11) is 0. The van der Waals surface area contributed by atoms with Crippen molar-refractivity contribution in [3.8, 4) is 0 Å². The van der Waals surface area contributed by atoms with Crippen LogP contribution < -0.4 is 11.1 Å². The first-order chi connectivity index (χ1) is 10.9. The second-order valence-electron chi connectivity index (χ2n) is 6.58. The zero-order valence-electron chi connectivity index (χ0n) is 14.2. The topological polar surface area (TPSA) is 55.1 Å². The van der Waals surface area contributed by atoms with E-state index in [9.17, 15) is 4.79 Å². The molecule has 0 aromatic heterocycles. The second-order valence-corrected chi connectivity index (χ2v) is 6.58. The third-order valence-corrected chi connectivity index (χ3v) is 4.65. The van der Waals surface area contributed by atoms with Gasteiger partial charge in [0.05, 0.1) is 0 Å². The lowest BCUT2D eigenvalue weighted by atomic mass is 9.78. The fourth-order valence-electron chi connectivity index (χ4n) is 2.62. The number of benzene rings is 2. The average Bonchev–Trinajstić information content (AvgIpc) is 2.55. The van der Waals surface area contributed by atoms with Gasteiger partial charge in [-0.25, -0.2) is 0 Å². The van der Waals surface area contributed by atoms with Gasteiger partial charge in [0.2, 0.25) is 5.91 Å². The number of amides is 1. The molecule has 23 heavy (non-hydrogen) atoms. The van der Waals surface area contributed by atoms with Gasteiger partial charge in [-0.05, 0) is 30.5 Å². The third kappa shape index (κ3) is 4.35. The van der Waals surface area contributed by atoms with Crippen LogP contribution in [0, 0.1) is 0 Å². The number of rotatable bonds is 6. The maximum Gasteiger partial charge on any atom is 0.220 e. The Hall–Kier alpha value is -2.29. The van der Waals surface area contributed by atoms with E-state index in [1.165, 1.54) is 5.56 Å². The Labute approximate surface area is 138 Å². The molecule has 0 fully saturated rings. The summed E-state index contributed by atoms with van der Waals surface area (Å²) in [4.78, 5) is 12.3. The monoisotopic (exact) mass is 310 g/mol. The highest BCUT2D eigenvalue weighted by Gasteiger charge is 2.28. The minimum atomic E-state index is -0.122. The van der Waals surface area contributed by atoms with Crippen molar-refractivity contribution in [1.82, 2.24) is 5.32 Å². The van der Waals surface area contributed by atoms with E-state index in [0.717, 1.165) is 11.3 Å². The van der Waals surface area contributed by atoms with Crippen LogP contribution in [0.15, 0.2) is 54.6 Å². The number of carbonyl (C=O) groups is 1. The number of hydrogen-bond acceptors (Lipinski definition) is 2. The van der Waals surface area contributed by atoms with Gasteiger partial charge < -0.3 is 11.1 Å². The van der Waals surface area contributed by atoms with Gasteiger partial charge in [-0.15, -0.1) is 0 Å². The minimum Gasteiger partial charge on any atom is -0.399 e. The molecule has 1 amide bonds. The smallest absolute Gasteiger partial charge is 0.220 e. The summed E-state index contributed by atoms with van der Waals surface area (Å²) in [6.07, 6.45) is 1.11. The molecule has 0 aliphatic carbocycles. The molecule has 122 valence electrons. The number of aryl methyl sites for hydroxylation is 1. The van der Waals surface area contributed by atoms with Crippen molar-refractivity contribution in [2.75, 3.05) is 5.73 Å². The molecule has 3 nitrogen and oxygen atoms in total. The van der Waals surface area contributed by atoms with E-state index < -0.39 is 0 Å². The van der Waals surface area contributed by atoms with Gasteiger partial charge in [-0.3, -0.25) is 4.79 Å². The Morgan fingerprint density at radius 1 is 1.09 bits per heavy atom. The number of carbonyl (C=O) groups excluding carboxylic acids is 1. The summed E-state index contributed by atoms with van der Waals surface area (Å²) in [6, 6.07) is 18.0. The molecule has 2 aromatic rings. The van der Waals surface area contributed by atoms with Crippen LogP contribution in [0.25, 0.3) is 0 Å². The summed E-state index contributed by atoms with van der Waals surface area (Å²) < 4.78 is 0. The molecule has 0 bridgehead atoms. The maximum atomic E-state index is 12.3. The second kappa shape index (κ2) is 7.32. The number of nitrogens with two attached hydrogens (primary N) is 1. The Morgan fingerprint density at radius 2 is 1.70 bits per heavy atom. The van der Waals surface area contributed by atoms with Crippen LogP contribution in [-0.4, -0.2) is 11.9 Å². The van der Waals surface area contributed by atoms with Crippen molar-refractivity contribution in [1.29, 1.82) is 0 Å². The van der Waals surface area contributed by atoms with Crippen LogP contribution in [0.2, 0.25) is 0 Å². The first-order valence-electron chi connectivity index (χ1n) is 8.09. The molecule has 3 N–H and O–H groups in total. The highest BCUT2D eigenvalue weighted by atomic mass is 16.1. The predicted octanol–water partition coefficient (Wildman–Crippen LogP) is 3.68. The van der Waals surface area contributed by atoms with Gasteiger partial charge in [0.15, 0.2) is 0 Å². The lowest BCUT2D eigenvalue weighted by Crippen LogP contribution is -2.45. The summed E-state index contributed by atoms with van der Waals surface area (Å²) in [5, 5.41) is 3.13. The molecule has 0 heterocycles. The van der Waals surface area contributed by atoms with Gasteiger partial charge >= 0.3 is 0 Å². The van der Waals surface area contributed by atoms with Crippen molar-refractivity contribution < 1.29 is 4.79 Å². The molecule has 2 aromatic carbocycles. The Kier molecular flexibility index (Phi) is 5.43. The molecule has 0 aliphatic heterocycles. The molecular formula is C20H26N2O. The van der Waals surface area contributed by atoms with E-state index >= 15 is 0 Å². The normalized spacial score (nSPS) is 12.7. The van der Waals surface area contributed by atoms with Crippen molar-refractivity contribution in [2.24, 2.45) is 0 Å². The Morgan fingerprint density at radius 3 is 2.35 bits per heavy atom. The summed E-state index contributed by atoms with van der Waals surface area (Å²) >= 11 is 0. The molecule has 0 radical (unpaired) electrons. The molecule has 1 unspecified atom stereocenters. The quantitative estimate of drug-likeness (QED) is 0.800. The standard InChI is InChI=1S/C20H26N2O/c1-15(20(2,3)17-10-5-4-6-11-17)22-19(23)14-13-16-9-7-8-12-18(16)21/h4-12,15H,13-14,21H2,1-3H3,(H,22,23). The SMILES string of the molecule is CC(NC(=O)CCc1ccccc1N)C(C)(C)c1ccccc1. The largest absolute Gasteiger partial charge is 0.399 e. The summed E-state index contributed by atoms with van der Waals surface area (Å²) in [5.41, 5.74) is 8.80. The van der Waals surface area contributed by atoms with Crippen LogP contribution in [-0.2, 0) is 16.6 Å². The molecule has 1 atom stereocenters. The number of nitrogen functional groups attached to an aromatic ring is 1. The lowest BCUT2D eigenvalue weighted by Gasteiger charge is -2.33. The molecule has 3 heteroatoms. The van der Waals surface area contributed by atoms with Crippen LogP contribution >= 0.6 is 0 Å². The van der Waals surface area contributed by atoms with Crippen molar-refractivity contribution in [3.05, 3.63) is 65.7 Å². The van der Waals surface area contributed by atoms with Crippen molar-refractivity contribution in [3.63, 3.8) is 0 Å². The van der Waals surface area contributed by atoms with E-state index in [2.05, 4.69) is 38.2 Å². The number of para-hydroxylation sites is 1. The molecule has 0 saturated carbocycles. The van der Waals surface area contributed by atoms with E-state index in [1.54, 1.807) is 0 Å². The van der Waals surface area contributed by atoms with Gasteiger partial charge in [-0.2, -0.15) is 0 Å². The van der Waals surface area contributed by atoms with Crippen LogP contribution in [0.5, 0.6) is 0 Å². The van der Waals surface area contributed by atoms with Gasteiger partial charge in [-0.1, -0.05) is 62.4 Å². The highest BCUT2D eigenvalue weighted by molar-refractivity contribution is 5.77. The molecule has 2 rings (SSSR count). The maximum absolute atomic E-state index is 12.3. The van der Waals surface area contributed by atoms with Crippen LogP contribution in [0.3, 0.4) is 0 Å². The Bertz CT molecular complexity index is 650. The third-order valence-electron chi connectivity index (χ3n) is 4.65. The molecule has 0 aliphatic rings. The zero-order chi connectivity index (χ0) is 16.9. The van der Waals surface area contributed by atoms with Crippen molar-refractivity contribution >= 4 is 11.6 Å².